The summed E-state index contributed by atoms with van der Waals surface area (Å²) in [4.78, 5) is 0. The van der Waals surface area contributed by atoms with Gasteiger partial charge in [-0.05, 0) is 31.0 Å². The Labute approximate surface area is 81.5 Å². The normalized spacial score (nSPS) is 13.4. The molecular weight excluding hydrogens is 181 g/mol. The lowest BCUT2D eigenvalue weighted by Crippen LogP contribution is -2.17. The van der Waals surface area contributed by atoms with Crippen molar-refractivity contribution in [2.75, 3.05) is 0 Å². The van der Waals surface area contributed by atoms with Crippen molar-refractivity contribution in [1.82, 2.24) is 0 Å². The largest absolute Gasteiger partial charge is 0.461 e. The quantitative estimate of drug-likeness (QED) is 0.795. The Morgan fingerprint density at radius 1 is 1.50 bits per heavy atom. The molecule has 0 saturated heterocycles. The van der Waals surface area contributed by atoms with Gasteiger partial charge in [-0.3, -0.25) is 0 Å². The standard InChI is InChI=1S/C11H12FNO/c1-7(13)4-8-2-3-9-10(12)6-14-11(9)5-8/h2-3,5-7H,4,13H2,1H3/t7-/m1/s1. The minimum Gasteiger partial charge on any atom is -0.461 e. The smallest absolute Gasteiger partial charge is 0.169 e. The molecular formula is C11H12FNO. The van der Waals surface area contributed by atoms with Crippen molar-refractivity contribution >= 4 is 11.0 Å². The second-order valence-electron chi connectivity index (χ2n) is 3.60. The molecule has 0 amide bonds. The van der Waals surface area contributed by atoms with Crippen LogP contribution < -0.4 is 5.73 Å². The summed E-state index contributed by atoms with van der Waals surface area (Å²) < 4.78 is 18.1. The minimum absolute atomic E-state index is 0.104. The van der Waals surface area contributed by atoms with E-state index in [-0.39, 0.29) is 11.9 Å². The zero-order chi connectivity index (χ0) is 10.1. The number of benzene rings is 1. The van der Waals surface area contributed by atoms with Crippen LogP contribution in [-0.2, 0) is 6.42 Å². The van der Waals surface area contributed by atoms with Crippen molar-refractivity contribution in [3.8, 4) is 0 Å². The molecule has 0 fully saturated rings. The number of rotatable bonds is 2. The van der Waals surface area contributed by atoms with Gasteiger partial charge in [-0.25, -0.2) is 4.39 Å². The average Bonchev–Trinajstić information content (AvgIpc) is 2.46. The summed E-state index contributed by atoms with van der Waals surface area (Å²) in [5.74, 6) is -0.313. The molecule has 1 aromatic carbocycles. The van der Waals surface area contributed by atoms with Gasteiger partial charge in [0.25, 0.3) is 0 Å². The summed E-state index contributed by atoms with van der Waals surface area (Å²) in [5, 5.41) is 0.526. The summed E-state index contributed by atoms with van der Waals surface area (Å²) in [6, 6.07) is 5.55. The van der Waals surface area contributed by atoms with E-state index in [1.54, 1.807) is 6.07 Å². The first-order valence-corrected chi connectivity index (χ1v) is 4.58. The molecule has 0 aliphatic carbocycles. The van der Waals surface area contributed by atoms with Crippen molar-refractivity contribution in [3.63, 3.8) is 0 Å². The van der Waals surface area contributed by atoms with Crippen LogP contribution in [0.1, 0.15) is 12.5 Å². The molecule has 0 bridgehead atoms. The first-order valence-electron chi connectivity index (χ1n) is 4.58. The van der Waals surface area contributed by atoms with E-state index in [1.165, 1.54) is 0 Å². The molecule has 1 heterocycles. The predicted molar refractivity (Wildman–Crippen MR) is 53.5 cm³/mol. The number of furan rings is 1. The lowest BCUT2D eigenvalue weighted by atomic mass is 10.1. The highest BCUT2D eigenvalue weighted by Gasteiger charge is 2.06. The molecule has 2 N–H and O–H groups in total. The van der Waals surface area contributed by atoms with Crippen LogP contribution in [0.4, 0.5) is 4.39 Å². The zero-order valence-corrected chi connectivity index (χ0v) is 7.96. The van der Waals surface area contributed by atoms with Gasteiger partial charge >= 0.3 is 0 Å². The van der Waals surface area contributed by atoms with E-state index in [2.05, 4.69) is 0 Å². The van der Waals surface area contributed by atoms with E-state index < -0.39 is 0 Å². The fourth-order valence-corrected chi connectivity index (χ4v) is 1.54. The van der Waals surface area contributed by atoms with Crippen LogP contribution in [0.3, 0.4) is 0 Å². The molecule has 1 atom stereocenters. The van der Waals surface area contributed by atoms with Crippen LogP contribution in [0.2, 0.25) is 0 Å². The topological polar surface area (TPSA) is 39.2 Å². The van der Waals surface area contributed by atoms with Crippen molar-refractivity contribution in [3.05, 3.63) is 35.8 Å². The van der Waals surface area contributed by atoms with Crippen LogP contribution in [0.25, 0.3) is 11.0 Å². The Morgan fingerprint density at radius 3 is 3.00 bits per heavy atom. The molecule has 0 saturated carbocycles. The number of hydrogen-bond donors (Lipinski definition) is 1. The minimum atomic E-state index is -0.313. The Bertz CT molecular complexity index is 447. The number of fused-ring (bicyclic) bond motifs is 1. The molecule has 2 rings (SSSR count). The molecule has 2 aromatic rings. The molecule has 0 aliphatic heterocycles. The zero-order valence-electron chi connectivity index (χ0n) is 7.96. The summed E-state index contributed by atoms with van der Waals surface area (Å²) in [6.45, 7) is 1.94. The van der Waals surface area contributed by atoms with E-state index in [9.17, 15) is 4.39 Å². The first kappa shape index (κ1) is 9.21. The molecule has 0 radical (unpaired) electrons. The summed E-state index contributed by atoms with van der Waals surface area (Å²) in [5.41, 5.74) is 7.32. The Kier molecular flexibility index (Phi) is 2.25. The molecule has 74 valence electrons. The van der Waals surface area contributed by atoms with Gasteiger partial charge < -0.3 is 10.2 Å². The van der Waals surface area contributed by atoms with E-state index >= 15 is 0 Å². The molecule has 2 nitrogen and oxygen atoms in total. The maximum atomic E-state index is 13.0. The second-order valence-corrected chi connectivity index (χ2v) is 3.60. The lowest BCUT2D eigenvalue weighted by molar-refractivity contribution is 0.558. The molecule has 3 heteroatoms. The van der Waals surface area contributed by atoms with Crippen molar-refractivity contribution < 1.29 is 8.81 Å². The highest BCUT2D eigenvalue weighted by atomic mass is 19.1. The second kappa shape index (κ2) is 3.42. The van der Waals surface area contributed by atoms with Gasteiger partial charge in [-0.2, -0.15) is 0 Å². The van der Waals surface area contributed by atoms with Crippen molar-refractivity contribution in [2.24, 2.45) is 5.73 Å². The maximum absolute atomic E-state index is 13.0. The van der Waals surface area contributed by atoms with Gasteiger partial charge in [0.1, 0.15) is 11.8 Å². The first-order chi connectivity index (χ1) is 6.66. The number of hydrogen-bond acceptors (Lipinski definition) is 2. The SMILES string of the molecule is C[C@@H](N)Cc1ccc2c(F)coc2c1. The van der Waals surface area contributed by atoms with Gasteiger partial charge in [0.05, 0.1) is 5.39 Å². The van der Waals surface area contributed by atoms with Gasteiger partial charge in [0, 0.05) is 6.04 Å². The average molecular weight is 193 g/mol. The van der Waals surface area contributed by atoms with E-state index in [0.717, 1.165) is 18.2 Å². The summed E-state index contributed by atoms with van der Waals surface area (Å²) in [7, 11) is 0. The van der Waals surface area contributed by atoms with Gasteiger partial charge in [-0.15, -0.1) is 0 Å². The van der Waals surface area contributed by atoms with Crippen LogP contribution in [0.5, 0.6) is 0 Å². The van der Waals surface area contributed by atoms with Crippen LogP contribution in [0.15, 0.2) is 28.9 Å². The molecule has 1 aromatic heterocycles. The van der Waals surface area contributed by atoms with Gasteiger partial charge in [0.2, 0.25) is 0 Å². The van der Waals surface area contributed by atoms with E-state index in [1.807, 2.05) is 19.1 Å². The van der Waals surface area contributed by atoms with Crippen molar-refractivity contribution in [1.29, 1.82) is 0 Å². The van der Waals surface area contributed by atoms with E-state index in [0.29, 0.717) is 11.0 Å². The third-order valence-corrected chi connectivity index (χ3v) is 2.15. The van der Waals surface area contributed by atoms with Crippen LogP contribution in [-0.4, -0.2) is 6.04 Å². The third kappa shape index (κ3) is 1.63. The lowest BCUT2D eigenvalue weighted by Gasteiger charge is -2.04. The molecule has 0 aliphatic rings. The fourth-order valence-electron chi connectivity index (χ4n) is 1.54. The number of halogens is 1. The fraction of sp³-hybridized carbons (Fsp3) is 0.273. The van der Waals surface area contributed by atoms with Gasteiger partial charge in [0.15, 0.2) is 5.82 Å². The molecule has 0 unspecified atom stereocenters. The maximum Gasteiger partial charge on any atom is 0.169 e. The van der Waals surface area contributed by atoms with Crippen LogP contribution in [0, 0.1) is 5.82 Å². The predicted octanol–water partition coefficient (Wildman–Crippen LogP) is 2.46. The monoisotopic (exact) mass is 193 g/mol. The Balaban J connectivity index is 2.42. The number of nitrogens with two attached hydrogens (primary N) is 1. The van der Waals surface area contributed by atoms with Crippen LogP contribution >= 0.6 is 0 Å². The summed E-state index contributed by atoms with van der Waals surface area (Å²) in [6.07, 6.45) is 1.90. The van der Waals surface area contributed by atoms with Gasteiger partial charge in [-0.1, -0.05) is 6.07 Å². The Morgan fingerprint density at radius 2 is 2.29 bits per heavy atom. The molecule has 14 heavy (non-hydrogen) atoms. The molecule has 0 spiro atoms. The third-order valence-electron chi connectivity index (χ3n) is 2.15. The van der Waals surface area contributed by atoms with Crippen molar-refractivity contribution in [2.45, 2.75) is 19.4 Å². The summed E-state index contributed by atoms with van der Waals surface area (Å²) >= 11 is 0. The Hall–Kier alpha value is -1.35. The highest BCUT2D eigenvalue weighted by molar-refractivity contribution is 5.78. The highest BCUT2D eigenvalue weighted by Crippen LogP contribution is 2.21. The van der Waals surface area contributed by atoms with E-state index in [4.69, 9.17) is 10.2 Å².